The van der Waals surface area contributed by atoms with E-state index in [1.165, 1.54) is 25.7 Å². The highest BCUT2D eigenvalue weighted by molar-refractivity contribution is 5.66. The van der Waals surface area contributed by atoms with Gasteiger partial charge in [0.2, 0.25) is 0 Å². The lowest BCUT2D eigenvalue weighted by atomic mass is 10.1. The van der Waals surface area contributed by atoms with E-state index in [1.807, 2.05) is 6.92 Å². The van der Waals surface area contributed by atoms with Crippen molar-refractivity contribution in [1.82, 2.24) is 0 Å². The number of hydrogen-bond acceptors (Lipinski definition) is 4. The van der Waals surface area contributed by atoms with Crippen LogP contribution < -0.4 is 0 Å². The first-order valence-electron chi connectivity index (χ1n) is 9.19. The van der Waals surface area contributed by atoms with E-state index in [-0.39, 0.29) is 0 Å². The minimum absolute atomic E-state index is 0.295. The second-order valence-electron chi connectivity index (χ2n) is 6.09. The van der Waals surface area contributed by atoms with Gasteiger partial charge in [-0.05, 0) is 19.3 Å². The molecule has 0 aliphatic rings. The second kappa shape index (κ2) is 19.9. The second-order valence-corrected chi connectivity index (χ2v) is 6.09. The van der Waals surface area contributed by atoms with Gasteiger partial charge in [-0.3, -0.25) is 9.59 Å². The smallest absolute Gasteiger partial charge is 0.303 e. The summed E-state index contributed by atoms with van der Waals surface area (Å²) in [5.74, 6) is -1.40. The molecule has 4 N–H and O–H groups in total. The maximum atomic E-state index is 10.3. The lowest BCUT2D eigenvalue weighted by Crippen LogP contribution is -2.01. The van der Waals surface area contributed by atoms with Gasteiger partial charge in [-0.15, -0.1) is 0 Å². The number of rotatable bonds is 15. The monoisotopic (exact) mass is 348 g/mol. The van der Waals surface area contributed by atoms with Gasteiger partial charge in [0.05, 0.1) is 0 Å². The standard InChI is InChI=1S/C14H26O4.C4H10O2/c15-13(16)11-9-7-5-3-1-2-4-6-8-10-12-14(17)18;1-2-3-4(5)6/h1-12H2,(H,15,16)(H,17,18);4-6H,2-3H2,1H3. The molecule has 0 aliphatic heterocycles. The third-order valence-electron chi connectivity index (χ3n) is 3.58. The zero-order valence-electron chi connectivity index (χ0n) is 15.1. The molecule has 0 aromatic rings. The quantitative estimate of drug-likeness (QED) is 0.263. The van der Waals surface area contributed by atoms with Crippen LogP contribution in [0.4, 0.5) is 0 Å². The highest BCUT2D eigenvalue weighted by Crippen LogP contribution is 2.11. The molecular formula is C18H36O6. The molecule has 0 heterocycles. The Morgan fingerprint density at radius 1 is 0.667 bits per heavy atom. The first-order chi connectivity index (χ1) is 11.4. The number of aliphatic carboxylic acids is 2. The molecule has 0 saturated heterocycles. The van der Waals surface area contributed by atoms with Gasteiger partial charge in [0.15, 0.2) is 6.29 Å². The molecule has 0 spiro atoms. The Balaban J connectivity index is 0. The van der Waals surface area contributed by atoms with E-state index in [0.29, 0.717) is 19.3 Å². The molecule has 0 unspecified atom stereocenters. The summed E-state index contributed by atoms with van der Waals surface area (Å²) >= 11 is 0. The van der Waals surface area contributed by atoms with Gasteiger partial charge in [-0.1, -0.05) is 64.7 Å². The van der Waals surface area contributed by atoms with Crippen molar-refractivity contribution >= 4 is 11.9 Å². The molecule has 0 amide bonds. The zero-order chi connectivity index (χ0) is 18.6. The molecular weight excluding hydrogens is 312 g/mol. The summed E-state index contributed by atoms with van der Waals surface area (Å²) in [6.07, 6.45) is 11.5. The van der Waals surface area contributed by atoms with E-state index < -0.39 is 18.2 Å². The SMILES string of the molecule is CCCC(O)O.O=C(O)CCCCCCCCCCCCC(=O)O. The number of aliphatic hydroxyl groups is 2. The van der Waals surface area contributed by atoms with Crippen molar-refractivity contribution < 1.29 is 30.0 Å². The Labute approximate surface area is 145 Å². The number of carboxylic acids is 2. The minimum atomic E-state index is -1.10. The molecule has 144 valence electrons. The van der Waals surface area contributed by atoms with Crippen molar-refractivity contribution in [3.63, 3.8) is 0 Å². The third kappa shape index (κ3) is 28.9. The van der Waals surface area contributed by atoms with Crippen molar-refractivity contribution in [3.05, 3.63) is 0 Å². The van der Waals surface area contributed by atoms with Gasteiger partial charge in [0.1, 0.15) is 0 Å². The van der Waals surface area contributed by atoms with Crippen LogP contribution in [-0.4, -0.2) is 38.7 Å². The van der Waals surface area contributed by atoms with Crippen molar-refractivity contribution in [2.45, 2.75) is 103 Å². The van der Waals surface area contributed by atoms with E-state index >= 15 is 0 Å². The number of aliphatic hydroxyl groups excluding tert-OH is 1. The van der Waals surface area contributed by atoms with Crippen molar-refractivity contribution in [3.8, 4) is 0 Å². The third-order valence-corrected chi connectivity index (χ3v) is 3.58. The molecule has 0 aliphatic carbocycles. The summed E-state index contributed by atoms with van der Waals surface area (Å²) in [5, 5.41) is 33.1. The van der Waals surface area contributed by atoms with Gasteiger partial charge in [0.25, 0.3) is 0 Å². The Bertz CT molecular complexity index is 267. The molecule has 0 bridgehead atoms. The van der Waals surface area contributed by atoms with Crippen molar-refractivity contribution in [2.75, 3.05) is 0 Å². The van der Waals surface area contributed by atoms with E-state index in [1.54, 1.807) is 0 Å². The van der Waals surface area contributed by atoms with Crippen LogP contribution in [0.3, 0.4) is 0 Å². The summed E-state index contributed by atoms with van der Waals surface area (Å²) in [6, 6.07) is 0. The molecule has 6 nitrogen and oxygen atoms in total. The minimum Gasteiger partial charge on any atom is -0.481 e. The average molecular weight is 348 g/mol. The lowest BCUT2D eigenvalue weighted by Gasteiger charge is -2.01. The highest BCUT2D eigenvalue weighted by atomic mass is 16.5. The summed E-state index contributed by atoms with van der Waals surface area (Å²) in [7, 11) is 0. The van der Waals surface area contributed by atoms with E-state index in [0.717, 1.165) is 44.9 Å². The predicted molar refractivity (Wildman–Crippen MR) is 93.8 cm³/mol. The first kappa shape index (κ1) is 25.1. The fraction of sp³-hybridized carbons (Fsp3) is 0.889. The highest BCUT2D eigenvalue weighted by Gasteiger charge is 1.98. The summed E-state index contributed by atoms with van der Waals surface area (Å²) < 4.78 is 0. The van der Waals surface area contributed by atoms with Gasteiger partial charge < -0.3 is 20.4 Å². The van der Waals surface area contributed by atoms with Crippen LogP contribution in [0.25, 0.3) is 0 Å². The van der Waals surface area contributed by atoms with E-state index in [4.69, 9.17) is 20.4 Å². The largest absolute Gasteiger partial charge is 0.481 e. The van der Waals surface area contributed by atoms with Crippen LogP contribution in [0.2, 0.25) is 0 Å². The fourth-order valence-electron chi connectivity index (χ4n) is 2.22. The number of hydrogen-bond donors (Lipinski definition) is 4. The average Bonchev–Trinajstić information content (AvgIpc) is 2.48. The molecule has 6 heteroatoms. The topological polar surface area (TPSA) is 115 Å². The van der Waals surface area contributed by atoms with Crippen LogP contribution in [-0.2, 0) is 9.59 Å². The zero-order valence-corrected chi connectivity index (χ0v) is 15.1. The van der Waals surface area contributed by atoms with Crippen LogP contribution in [0.15, 0.2) is 0 Å². The maximum absolute atomic E-state index is 10.3. The Morgan fingerprint density at radius 3 is 1.12 bits per heavy atom. The first-order valence-corrected chi connectivity index (χ1v) is 9.19. The Kier molecular flexibility index (Phi) is 20.8. The fourth-order valence-corrected chi connectivity index (χ4v) is 2.22. The summed E-state index contributed by atoms with van der Waals surface area (Å²) in [6.45, 7) is 1.90. The van der Waals surface area contributed by atoms with Crippen molar-refractivity contribution in [2.24, 2.45) is 0 Å². The van der Waals surface area contributed by atoms with E-state index in [9.17, 15) is 9.59 Å². The number of carboxylic acid groups (broad SMARTS) is 2. The van der Waals surface area contributed by atoms with Crippen LogP contribution in [0.1, 0.15) is 96.8 Å². The summed E-state index contributed by atoms with van der Waals surface area (Å²) in [5.41, 5.74) is 0. The Morgan fingerprint density at radius 2 is 0.958 bits per heavy atom. The lowest BCUT2D eigenvalue weighted by molar-refractivity contribution is -0.138. The molecule has 0 aromatic heterocycles. The number of unbranched alkanes of at least 4 members (excludes halogenated alkanes) is 9. The van der Waals surface area contributed by atoms with Gasteiger partial charge in [-0.25, -0.2) is 0 Å². The van der Waals surface area contributed by atoms with Gasteiger partial charge in [-0.2, -0.15) is 0 Å². The Hall–Kier alpha value is -1.14. The van der Waals surface area contributed by atoms with Crippen LogP contribution in [0, 0.1) is 0 Å². The molecule has 0 fully saturated rings. The van der Waals surface area contributed by atoms with Crippen molar-refractivity contribution in [1.29, 1.82) is 0 Å². The molecule has 0 aromatic carbocycles. The normalized spacial score (nSPS) is 10.3. The molecule has 0 atom stereocenters. The molecule has 0 radical (unpaired) electrons. The van der Waals surface area contributed by atoms with Crippen LogP contribution in [0.5, 0.6) is 0 Å². The maximum Gasteiger partial charge on any atom is 0.303 e. The van der Waals surface area contributed by atoms with Gasteiger partial charge >= 0.3 is 11.9 Å². The van der Waals surface area contributed by atoms with Gasteiger partial charge in [0, 0.05) is 12.8 Å². The molecule has 0 rings (SSSR count). The molecule has 24 heavy (non-hydrogen) atoms. The number of carbonyl (C=O) groups is 2. The van der Waals surface area contributed by atoms with E-state index in [2.05, 4.69) is 0 Å². The van der Waals surface area contributed by atoms with Crippen LogP contribution >= 0.6 is 0 Å². The predicted octanol–water partition coefficient (Wildman–Crippen LogP) is 3.93. The summed E-state index contributed by atoms with van der Waals surface area (Å²) in [4.78, 5) is 20.5. The molecule has 0 saturated carbocycles.